The molecule has 0 saturated carbocycles. The molecule has 9 nitrogen and oxygen atoms in total. The molecule has 3 N–H and O–H groups in total. The number of allylic oxidation sites excluding steroid dienone is 1. The van der Waals surface area contributed by atoms with Crippen molar-refractivity contribution in [3.63, 3.8) is 0 Å². The zero-order valence-electron chi connectivity index (χ0n) is 18.9. The number of halogens is 2. The highest BCUT2D eigenvalue weighted by Gasteiger charge is 2.59. The monoisotopic (exact) mass is 531 g/mol. The summed E-state index contributed by atoms with van der Waals surface area (Å²) in [5, 5.41) is 23.1. The third-order valence-corrected chi connectivity index (χ3v) is 7.79. The van der Waals surface area contributed by atoms with E-state index >= 15 is 0 Å². The standard InChI is InChI=1S/C25H19F2NO8S/c1-2-37(33,34)6-5-28-23(31)12-3-4-13-14(7-12)25(36-24(13)32)15-8-17(26)19(29)10-21(15)35-22-11-20(30)18(27)9-16(22)25/h2-4,7-11,15,21,29-30H,1,5-6H2,(H,28,31). The second-order valence-electron chi connectivity index (χ2n) is 8.65. The maximum absolute atomic E-state index is 14.6. The summed E-state index contributed by atoms with van der Waals surface area (Å²) in [7, 11) is -3.55. The molecule has 192 valence electrons. The molecule has 0 radical (unpaired) electrons. The van der Waals surface area contributed by atoms with Crippen LogP contribution >= 0.6 is 0 Å². The Labute approximate surface area is 209 Å². The molecule has 0 saturated heterocycles. The van der Waals surface area contributed by atoms with Crippen LogP contribution in [0, 0.1) is 11.7 Å². The molecule has 2 heterocycles. The van der Waals surface area contributed by atoms with E-state index in [1.54, 1.807) is 0 Å². The Hall–Kier alpha value is -4.19. The number of sulfone groups is 1. The Balaban J connectivity index is 1.64. The van der Waals surface area contributed by atoms with Crippen molar-refractivity contribution in [1.29, 1.82) is 0 Å². The fraction of sp³-hybridized carbons (Fsp3) is 0.200. The number of phenols is 1. The lowest BCUT2D eigenvalue weighted by Crippen LogP contribution is -2.49. The molecular weight excluding hydrogens is 512 g/mol. The van der Waals surface area contributed by atoms with Gasteiger partial charge in [-0.3, -0.25) is 4.79 Å². The lowest BCUT2D eigenvalue weighted by atomic mass is 9.69. The second kappa shape index (κ2) is 8.44. The molecule has 3 atom stereocenters. The van der Waals surface area contributed by atoms with Gasteiger partial charge in [0.1, 0.15) is 11.9 Å². The SMILES string of the molecule is C=CS(=O)(=O)CCNC(=O)c1ccc2c(c1)C1(OC2=O)c2cc(F)c(O)cc2OC2C=C(O)C(F)=CC21. The van der Waals surface area contributed by atoms with Gasteiger partial charge in [-0.05, 0) is 30.3 Å². The van der Waals surface area contributed by atoms with Crippen molar-refractivity contribution >= 4 is 21.7 Å². The van der Waals surface area contributed by atoms with Crippen molar-refractivity contribution in [1.82, 2.24) is 5.32 Å². The minimum Gasteiger partial charge on any atom is -0.505 e. The van der Waals surface area contributed by atoms with Crippen molar-refractivity contribution in [2.45, 2.75) is 11.7 Å². The van der Waals surface area contributed by atoms with Crippen LogP contribution in [0.25, 0.3) is 0 Å². The molecule has 1 aliphatic carbocycles. The number of hydrogen-bond acceptors (Lipinski definition) is 8. The van der Waals surface area contributed by atoms with E-state index in [9.17, 15) is 37.0 Å². The van der Waals surface area contributed by atoms with Crippen LogP contribution in [0.4, 0.5) is 8.78 Å². The van der Waals surface area contributed by atoms with Crippen LogP contribution in [-0.4, -0.2) is 48.9 Å². The summed E-state index contributed by atoms with van der Waals surface area (Å²) in [6.07, 6.45) is 0.966. The third kappa shape index (κ3) is 3.84. The quantitative estimate of drug-likeness (QED) is 0.501. The predicted octanol–water partition coefficient (Wildman–Crippen LogP) is 2.92. The van der Waals surface area contributed by atoms with Crippen LogP contribution in [0.15, 0.2) is 66.1 Å². The lowest BCUT2D eigenvalue weighted by molar-refractivity contribution is -0.0436. The van der Waals surface area contributed by atoms with Gasteiger partial charge in [-0.2, -0.15) is 0 Å². The van der Waals surface area contributed by atoms with E-state index < -0.39 is 62.5 Å². The van der Waals surface area contributed by atoms with E-state index in [-0.39, 0.29) is 40.3 Å². The van der Waals surface area contributed by atoms with Gasteiger partial charge in [0.15, 0.2) is 38.6 Å². The maximum Gasteiger partial charge on any atom is 0.339 e. The largest absolute Gasteiger partial charge is 0.505 e. The summed E-state index contributed by atoms with van der Waals surface area (Å²) in [5.41, 5.74) is -1.76. The fourth-order valence-corrected chi connectivity index (χ4v) is 5.31. The Kier molecular flexibility index (Phi) is 5.59. The summed E-state index contributed by atoms with van der Waals surface area (Å²) in [6.45, 7) is 2.99. The van der Waals surface area contributed by atoms with E-state index in [1.165, 1.54) is 18.2 Å². The topological polar surface area (TPSA) is 139 Å². The number of hydrogen-bond donors (Lipinski definition) is 3. The minimum atomic E-state index is -3.55. The number of aliphatic hydroxyl groups is 1. The smallest absolute Gasteiger partial charge is 0.339 e. The number of carbonyl (C=O) groups excluding carboxylic acids is 2. The van der Waals surface area contributed by atoms with E-state index in [4.69, 9.17) is 9.47 Å². The molecule has 1 spiro atoms. The molecule has 0 aromatic heterocycles. The van der Waals surface area contributed by atoms with E-state index in [0.717, 1.165) is 29.7 Å². The molecule has 37 heavy (non-hydrogen) atoms. The average molecular weight is 531 g/mol. The first-order valence-electron chi connectivity index (χ1n) is 11.0. The number of benzene rings is 2. The number of fused-ring (bicyclic) bond motifs is 6. The molecule has 2 aromatic rings. The molecule has 3 unspecified atom stereocenters. The van der Waals surface area contributed by atoms with Gasteiger partial charge in [-0.15, -0.1) is 0 Å². The predicted molar refractivity (Wildman–Crippen MR) is 125 cm³/mol. The second-order valence-corrected chi connectivity index (χ2v) is 10.7. The van der Waals surface area contributed by atoms with Gasteiger partial charge in [-0.1, -0.05) is 6.58 Å². The van der Waals surface area contributed by atoms with Crippen LogP contribution in [0.5, 0.6) is 11.5 Å². The highest BCUT2D eigenvalue weighted by molar-refractivity contribution is 7.94. The summed E-state index contributed by atoms with van der Waals surface area (Å²) in [4.78, 5) is 25.8. The van der Waals surface area contributed by atoms with E-state index in [1.807, 2.05) is 0 Å². The number of amides is 1. The van der Waals surface area contributed by atoms with Crippen LogP contribution in [0.2, 0.25) is 0 Å². The van der Waals surface area contributed by atoms with Gasteiger partial charge in [0.05, 0.1) is 17.2 Å². The summed E-state index contributed by atoms with van der Waals surface area (Å²) < 4.78 is 63.9. The van der Waals surface area contributed by atoms with Gasteiger partial charge >= 0.3 is 5.97 Å². The number of nitrogens with one attached hydrogen (secondary N) is 1. The number of aromatic hydroxyl groups is 1. The number of rotatable bonds is 5. The summed E-state index contributed by atoms with van der Waals surface area (Å²) in [6, 6.07) is 5.84. The number of phenolic OH excluding ortho intramolecular Hbond substituents is 1. The van der Waals surface area contributed by atoms with Crippen LogP contribution < -0.4 is 10.1 Å². The number of aliphatic hydroxyl groups excluding tert-OH is 1. The molecule has 1 amide bonds. The van der Waals surface area contributed by atoms with Gasteiger partial charge < -0.3 is 25.0 Å². The van der Waals surface area contributed by atoms with E-state index in [2.05, 4.69) is 11.9 Å². The lowest BCUT2D eigenvalue weighted by Gasteiger charge is -2.45. The van der Waals surface area contributed by atoms with Gasteiger partial charge in [0.25, 0.3) is 5.91 Å². The van der Waals surface area contributed by atoms with Crippen molar-refractivity contribution in [3.05, 3.63) is 94.1 Å². The molecule has 0 fully saturated rings. The molecule has 2 aromatic carbocycles. The van der Waals surface area contributed by atoms with Crippen molar-refractivity contribution in [2.24, 2.45) is 5.92 Å². The number of ether oxygens (including phenoxy) is 2. The van der Waals surface area contributed by atoms with Gasteiger partial charge in [0.2, 0.25) is 0 Å². The zero-order chi connectivity index (χ0) is 26.7. The number of esters is 1. The van der Waals surface area contributed by atoms with Crippen molar-refractivity contribution in [3.8, 4) is 11.5 Å². The van der Waals surface area contributed by atoms with Gasteiger partial charge in [0, 0.05) is 40.8 Å². The normalized spacial score (nSPS) is 23.6. The fourth-order valence-electron chi connectivity index (χ4n) is 4.76. The summed E-state index contributed by atoms with van der Waals surface area (Å²) >= 11 is 0. The minimum absolute atomic E-state index is 0.0231. The Morgan fingerprint density at radius 2 is 1.92 bits per heavy atom. The molecule has 0 bridgehead atoms. The Morgan fingerprint density at radius 1 is 1.16 bits per heavy atom. The molecule has 12 heteroatoms. The average Bonchev–Trinajstić information content (AvgIpc) is 3.14. The van der Waals surface area contributed by atoms with E-state index in [0.29, 0.717) is 0 Å². The Morgan fingerprint density at radius 3 is 2.65 bits per heavy atom. The molecular formula is C25H19F2NO8S. The number of carbonyl (C=O) groups is 2. The van der Waals surface area contributed by atoms with Gasteiger partial charge in [-0.25, -0.2) is 22.0 Å². The summed E-state index contributed by atoms with van der Waals surface area (Å²) in [5.74, 6) is -6.61. The molecule has 3 aliphatic rings. The van der Waals surface area contributed by atoms with Crippen LogP contribution in [0.1, 0.15) is 31.8 Å². The van der Waals surface area contributed by atoms with Crippen LogP contribution in [-0.2, 0) is 20.2 Å². The molecule has 5 rings (SSSR count). The third-order valence-electron chi connectivity index (χ3n) is 6.51. The van der Waals surface area contributed by atoms with Crippen LogP contribution in [0.3, 0.4) is 0 Å². The molecule has 2 aliphatic heterocycles. The highest BCUT2D eigenvalue weighted by atomic mass is 32.2. The first kappa shape index (κ1) is 24.5. The first-order chi connectivity index (χ1) is 17.5. The highest BCUT2D eigenvalue weighted by Crippen LogP contribution is 2.57. The zero-order valence-corrected chi connectivity index (χ0v) is 19.7. The maximum atomic E-state index is 14.6. The van der Waals surface area contributed by atoms with Crippen molar-refractivity contribution in [2.75, 3.05) is 12.3 Å². The Bertz CT molecular complexity index is 1550. The first-order valence-corrected chi connectivity index (χ1v) is 12.7. The van der Waals surface area contributed by atoms with Crippen molar-refractivity contribution < 1.29 is 46.5 Å².